The van der Waals surface area contributed by atoms with Crippen LogP contribution >= 0.6 is 15.9 Å². The fraction of sp³-hybridized carbons (Fsp3) is 0.364. The fourth-order valence-electron chi connectivity index (χ4n) is 1.82. The van der Waals surface area contributed by atoms with Gasteiger partial charge in [-0.3, -0.25) is 0 Å². The zero-order valence-electron chi connectivity index (χ0n) is 7.76. The fourth-order valence-corrected chi connectivity index (χ4v) is 2.16. The summed E-state index contributed by atoms with van der Waals surface area (Å²) in [6, 6.07) is 8.24. The Hall–Kier alpha value is -0.850. The van der Waals surface area contributed by atoms with Gasteiger partial charge in [0.2, 0.25) is 0 Å². The van der Waals surface area contributed by atoms with Crippen LogP contribution in [-0.4, -0.2) is 13.1 Å². The van der Waals surface area contributed by atoms with Gasteiger partial charge in [0.1, 0.15) is 6.07 Å². The Bertz CT molecular complexity index is 375. The van der Waals surface area contributed by atoms with Crippen molar-refractivity contribution in [2.45, 2.75) is 12.3 Å². The molecule has 0 amide bonds. The predicted molar refractivity (Wildman–Crippen MR) is 59.1 cm³/mol. The van der Waals surface area contributed by atoms with Gasteiger partial charge in [0.25, 0.3) is 0 Å². The molecule has 1 aromatic rings. The third kappa shape index (κ3) is 1.82. The van der Waals surface area contributed by atoms with Crippen molar-refractivity contribution < 1.29 is 0 Å². The van der Waals surface area contributed by atoms with E-state index in [1.54, 1.807) is 0 Å². The summed E-state index contributed by atoms with van der Waals surface area (Å²) < 4.78 is 0.884. The Labute approximate surface area is 92.1 Å². The summed E-state index contributed by atoms with van der Waals surface area (Å²) in [5, 5.41) is 12.2. The lowest BCUT2D eigenvalue weighted by Crippen LogP contribution is -2.08. The molecule has 1 aliphatic heterocycles. The molecule has 0 spiro atoms. The van der Waals surface area contributed by atoms with Crippen LogP contribution in [0.2, 0.25) is 0 Å². The quantitative estimate of drug-likeness (QED) is 0.831. The average Bonchev–Trinajstić information content (AvgIpc) is 2.71. The van der Waals surface area contributed by atoms with Gasteiger partial charge in [0.15, 0.2) is 0 Å². The molecule has 0 radical (unpaired) electrons. The molecule has 1 aromatic carbocycles. The molecule has 1 heterocycles. The molecule has 1 saturated heterocycles. The van der Waals surface area contributed by atoms with Crippen LogP contribution in [0.4, 0.5) is 0 Å². The molecule has 1 atom stereocenters. The maximum Gasteiger partial charge on any atom is 0.100 e. The Balaban J connectivity index is 2.31. The Kier molecular flexibility index (Phi) is 2.85. The predicted octanol–water partition coefficient (Wildman–Crippen LogP) is 2.40. The molecule has 1 fully saturated rings. The van der Waals surface area contributed by atoms with Crippen LogP contribution < -0.4 is 5.32 Å². The Morgan fingerprint density at radius 2 is 2.36 bits per heavy atom. The zero-order valence-corrected chi connectivity index (χ0v) is 9.34. The molecule has 0 aliphatic carbocycles. The number of halogens is 1. The molecule has 0 aromatic heterocycles. The molecule has 3 heteroatoms. The van der Waals surface area contributed by atoms with Gasteiger partial charge in [-0.2, -0.15) is 5.26 Å². The number of nitrogens with one attached hydrogen (secondary N) is 1. The standard InChI is InChI=1S/C11H11BrN2/c12-11-2-1-8(5-10(11)6-13)9-3-4-14-7-9/h1-2,5,9,14H,3-4,7H2. The van der Waals surface area contributed by atoms with Gasteiger partial charge in [-0.1, -0.05) is 6.07 Å². The van der Waals surface area contributed by atoms with Gasteiger partial charge >= 0.3 is 0 Å². The summed E-state index contributed by atoms with van der Waals surface area (Å²) >= 11 is 3.36. The highest BCUT2D eigenvalue weighted by Crippen LogP contribution is 2.26. The van der Waals surface area contributed by atoms with E-state index in [2.05, 4.69) is 33.4 Å². The van der Waals surface area contributed by atoms with Crippen molar-refractivity contribution in [3.8, 4) is 6.07 Å². The van der Waals surface area contributed by atoms with Gasteiger partial charge in [0, 0.05) is 11.0 Å². The minimum absolute atomic E-state index is 0.579. The highest BCUT2D eigenvalue weighted by molar-refractivity contribution is 9.10. The van der Waals surface area contributed by atoms with Crippen LogP contribution in [0, 0.1) is 11.3 Å². The molecule has 0 bridgehead atoms. The second-order valence-corrected chi connectivity index (χ2v) is 4.40. The maximum absolute atomic E-state index is 8.89. The van der Waals surface area contributed by atoms with Crippen molar-refractivity contribution in [1.82, 2.24) is 5.32 Å². The topological polar surface area (TPSA) is 35.8 Å². The number of benzene rings is 1. The highest BCUT2D eigenvalue weighted by atomic mass is 79.9. The van der Waals surface area contributed by atoms with Gasteiger partial charge in [-0.15, -0.1) is 0 Å². The SMILES string of the molecule is N#Cc1cc(C2CCNC2)ccc1Br. The number of rotatable bonds is 1. The van der Waals surface area contributed by atoms with Gasteiger partial charge in [0.05, 0.1) is 5.56 Å². The first-order valence-electron chi connectivity index (χ1n) is 4.71. The van der Waals surface area contributed by atoms with Crippen molar-refractivity contribution >= 4 is 15.9 Å². The van der Waals surface area contributed by atoms with Crippen molar-refractivity contribution in [2.75, 3.05) is 13.1 Å². The normalized spacial score (nSPS) is 20.7. The Morgan fingerprint density at radius 1 is 1.50 bits per heavy atom. The van der Waals surface area contributed by atoms with Gasteiger partial charge < -0.3 is 5.32 Å². The lowest BCUT2D eigenvalue weighted by atomic mass is 9.97. The van der Waals surface area contributed by atoms with Gasteiger partial charge in [-0.25, -0.2) is 0 Å². The summed E-state index contributed by atoms with van der Waals surface area (Å²) in [4.78, 5) is 0. The van der Waals surface area contributed by atoms with E-state index in [4.69, 9.17) is 5.26 Å². The first-order chi connectivity index (χ1) is 6.81. The smallest absolute Gasteiger partial charge is 0.100 e. The van der Waals surface area contributed by atoms with E-state index in [9.17, 15) is 0 Å². The molecule has 1 N–H and O–H groups in total. The molecule has 2 rings (SSSR count). The molecule has 1 aliphatic rings. The third-order valence-corrected chi connectivity index (χ3v) is 3.33. The van der Waals surface area contributed by atoms with E-state index in [1.165, 1.54) is 12.0 Å². The van der Waals surface area contributed by atoms with Crippen LogP contribution in [0.15, 0.2) is 22.7 Å². The third-order valence-electron chi connectivity index (χ3n) is 2.64. The number of hydrogen-bond donors (Lipinski definition) is 1. The van der Waals surface area contributed by atoms with Gasteiger partial charge in [-0.05, 0) is 52.5 Å². The molecule has 1 unspecified atom stereocenters. The lowest BCUT2D eigenvalue weighted by Gasteiger charge is -2.09. The van der Waals surface area contributed by atoms with Crippen molar-refractivity contribution in [1.29, 1.82) is 5.26 Å². The van der Waals surface area contributed by atoms with E-state index in [0.717, 1.165) is 23.1 Å². The second kappa shape index (κ2) is 4.12. The molecule has 14 heavy (non-hydrogen) atoms. The first kappa shape index (κ1) is 9.70. The first-order valence-corrected chi connectivity index (χ1v) is 5.51. The molecule has 2 nitrogen and oxygen atoms in total. The van der Waals surface area contributed by atoms with E-state index in [1.807, 2.05) is 12.1 Å². The second-order valence-electron chi connectivity index (χ2n) is 3.54. The summed E-state index contributed by atoms with van der Waals surface area (Å²) in [5.74, 6) is 0.579. The molecule has 0 saturated carbocycles. The lowest BCUT2D eigenvalue weighted by molar-refractivity contribution is 0.763. The van der Waals surface area contributed by atoms with E-state index < -0.39 is 0 Å². The average molecular weight is 251 g/mol. The summed E-state index contributed by atoms with van der Waals surface area (Å²) in [6.07, 6.45) is 1.17. The summed E-state index contributed by atoms with van der Waals surface area (Å²) in [5.41, 5.74) is 2.00. The maximum atomic E-state index is 8.89. The minimum atomic E-state index is 0.579. The van der Waals surface area contributed by atoms with Crippen molar-refractivity contribution in [2.24, 2.45) is 0 Å². The molecular weight excluding hydrogens is 240 g/mol. The summed E-state index contributed by atoms with van der Waals surface area (Å²) in [7, 11) is 0. The molecule has 72 valence electrons. The summed E-state index contributed by atoms with van der Waals surface area (Å²) in [6.45, 7) is 2.12. The van der Waals surface area contributed by atoms with E-state index in [0.29, 0.717) is 5.92 Å². The van der Waals surface area contributed by atoms with Crippen LogP contribution in [0.25, 0.3) is 0 Å². The molecular formula is C11H11BrN2. The van der Waals surface area contributed by atoms with Crippen molar-refractivity contribution in [3.63, 3.8) is 0 Å². The monoisotopic (exact) mass is 250 g/mol. The van der Waals surface area contributed by atoms with E-state index >= 15 is 0 Å². The van der Waals surface area contributed by atoms with Crippen LogP contribution in [0.3, 0.4) is 0 Å². The minimum Gasteiger partial charge on any atom is -0.316 e. The number of nitrogens with zero attached hydrogens (tertiary/aromatic N) is 1. The van der Waals surface area contributed by atoms with Crippen LogP contribution in [-0.2, 0) is 0 Å². The van der Waals surface area contributed by atoms with Crippen LogP contribution in [0.1, 0.15) is 23.5 Å². The van der Waals surface area contributed by atoms with Crippen LogP contribution in [0.5, 0.6) is 0 Å². The number of nitriles is 1. The Morgan fingerprint density at radius 3 is 3.00 bits per heavy atom. The zero-order chi connectivity index (χ0) is 9.97. The largest absolute Gasteiger partial charge is 0.316 e. The van der Waals surface area contributed by atoms with Crippen molar-refractivity contribution in [3.05, 3.63) is 33.8 Å². The number of hydrogen-bond acceptors (Lipinski definition) is 2. The highest BCUT2D eigenvalue weighted by Gasteiger charge is 2.17. The van der Waals surface area contributed by atoms with E-state index in [-0.39, 0.29) is 0 Å².